The maximum absolute atomic E-state index is 11.5. The van der Waals surface area contributed by atoms with Gasteiger partial charge in [-0.3, -0.25) is 4.79 Å². The van der Waals surface area contributed by atoms with E-state index < -0.39 is 6.29 Å². The Kier molecular flexibility index (Phi) is 2.18. The van der Waals surface area contributed by atoms with Gasteiger partial charge in [0.1, 0.15) is 5.75 Å². The number of phenols is 1. The number of fused-ring (bicyclic) bond motifs is 1. The maximum Gasteiger partial charge on any atom is 0.194 e. The van der Waals surface area contributed by atoms with Crippen molar-refractivity contribution >= 4 is 10.9 Å². The average molecular weight is 207 g/mol. The molecule has 0 fully saturated rings. The zero-order valence-corrected chi connectivity index (χ0v) is 7.64. The van der Waals surface area contributed by atoms with E-state index in [4.69, 9.17) is 10.2 Å². The maximum atomic E-state index is 11.5. The molecule has 0 amide bonds. The van der Waals surface area contributed by atoms with Crippen molar-refractivity contribution in [3.63, 3.8) is 0 Å². The van der Waals surface area contributed by atoms with E-state index in [9.17, 15) is 9.90 Å². The first-order valence-corrected chi connectivity index (χ1v) is 4.30. The van der Waals surface area contributed by atoms with Gasteiger partial charge in [-0.15, -0.1) is 0 Å². The molecule has 1 heterocycles. The number of H-pyrrole nitrogens is 1. The fourth-order valence-electron chi connectivity index (χ4n) is 1.42. The van der Waals surface area contributed by atoms with Crippen molar-refractivity contribution in [1.29, 1.82) is 0 Å². The van der Waals surface area contributed by atoms with E-state index in [0.29, 0.717) is 5.39 Å². The van der Waals surface area contributed by atoms with E-state index >= 15 is 0 Å². The summed E-state index contributed by atoms with van der Waals surface area (Å²) in [5.41, 5.74) is -0.218. The molecule has 1 aromatic heterocycles. The van der Waals surface area contributed by atoms with Gasteiger partial charge in [0, 0.05) is 11.5 Å². The third kappa shape index (κ3) is 1.58. The number of aromatic hydroxyl groups is 1. The number of para-hydroxylation sites is 1. The van der Waals surface area contributed by atoms with Crippen molar-refractivity contribution in [1.82, 2.24) is 4.98 Å². The first-order chi connectivity index (χ1) is 7.09. The molecule has 2 rings (SSSR count). The van der Waals surface area contributed by atoms with E-state index in [1.165, 1.54) is 6.07 Å². The predicted octanol–water partition coefficient (Wildman–Crippen LogP) is 0.217. The third-order valence-corrected chi connectivity index (χ3v) is 2.14. The highest BCUT2D eigenvalue weighted by molar-refractivity contribution is 5.84. The molecule has 0 atom stereocenters. The summed E-state index contributed by atoms with van der Waals surface area (Å²) in [6.45, 7) is 0. The summed E-state index contributed by atoms with van der Waals surface area (Å²) in [5.74, 6) is -0.105. The van der Waals surface area contributed by atoms with Crippen molar-refractivity contribution in [2.75, 3.05) is 0 Å². The first kappa shape index (κ1) is 9.70. The molecule has 0 aliphatic carbocycles. The van der Waals surface area contributed by atoms with Crippen LogP contribution in [0, 0.1) is 0 Å². The molecule has 4 N–H and O–H groups in total. The second-order valence-corrected chi connectivity index (χ2v) is 3.16. The van der Waals surface area contributed by atoms with Crippen LogP contribution in [0.4, 0.5) is 0 Å². The summed E-state index contributed by atoms with van der Waals surface area (Å²) in [6, 6.07) is 5.58. The number of nitrogens with one attached hydrogen (secondary N) is 1. The minimum Gasteiger partial charge on any atom is -0.506 e. The summed E-state index contributed by atoms with van der Waals surface area (Å²) in [5, 5.41) is 27.6. The van der Waals surface area contributed by atoms with Crippen LogP contribution in [0.5, 0.6) is 5.75 Å². The Morgan fingerprint density at radius 2 is 2.00 bits per heavy atom. The van der Waals surface area contributed by atoms with Crippen LogP contribution in [0.15, 0.2) is 29.1 Å². The highest BCUT2D eigenvalue weighted by Crippen LogP contribution is 2.20. The Morgan fingerprint density at radius 1 is 1.27 bits per heavy atom. The molecule has 0 unspecified atom stereocenters. The molecular formula is C10H9NO4. The number of aliphatic hydroxyl groups is 2. The molecule has 0 saturated heterocycles. The molecule has 0 aliphatic rings. The number of aromatic amines is 1. The van der Waals surface area contributed by atoms with Gasteiger partial charge in [-0.25, -0.2) is 0 Å². The Morgan fingerprint density at radius 3 is 2.67 bits per heavy atom. The largest absolute Gasteiger partial charge is 0.506 e. The van der Waals surface area contributed by atoms with Crippen LogP contribution >= 0.6 is 0 Å². The number of aromatic nitrogens is 1. The Hall–Kier alpha value is -1.85. The van der Waals surface area contributed by atoms with Gasteiger partial charge in [0.15, 0.2) is 11.7 Å². The quantitative estimate of drug-likeness (QED) is 0.503. The summed E-state index contributed by atoms with van der Waals surface area (Å²) in [4.78, 5) is 14.1. The number of hydrogen-bond acceptors (Lipinski definition) is 4. The van der Waals surface area contributed by atoms with Crippen LogP contribution in [0.2, 0.25) is 0 Å². The summed E-state index contributed by atoms with van der Waals surface area (Å²) in [7, 11) is 0. The SMILES string of the molecule is O=c1cc(C(O)O)[nH]c2c(O)cccc12. The third-order valence-electron chi connectivity index (χ3n) is 2.14. The van der Waals surface area contributed by atoms with Crippen molar-refractivity contribution < 1.29 is 15.3 Å². The lowest BCUT2D eigenvalue weighted by atomic mass is 10.2. The van der Waals surface area contributed by atoms with Gasteiger partial charge in [0.25, 0.3) is 0 Å². The van der Waals surface area contributed by atoms with Gasteiger partial charge >= 0.3 is 0 Å². The molecule has 0 spiro atoms. The summed E-state index contributed by atoms with van der Waals surface area (Å²) in [6.07, 6.45) is -1.76. The Bertz CT molecular complexity index is 559. The summed E-state index contributed by atoms with van der Waals surface area (Å²) >= 11 is 0. The standard InChI is InChI=1S/C10H9NO4/c12-7-3-1-2-5-8(13)4-6(10(14)15)11-9(5)7/h1-4,10,12,14-15H,(H,11,13). The lowest BCUT2D eigenvalue weighted by molar-refractivity contribution is -0.0456. The monoisotopic (exact) mass is 207 g/mol. The average Bonchev–Trinajstić information content (AvgIpc) is 2.19. The zero-order chi connectivity index (χ0) is 11.0. The lowest BCUT2D eigenvalue weighted by Crippen LogP contribution is -2.08. The highest BCUT2D eigenvalue weighted by atomic mass is 16.5. The topological polar surface area (TPSA) is 93.5 Å². The Balaban J connectivity index is 2.86. The summed E-state index contributed by atoms with van der Waals surface area (Å²) < 4.78 is 0. The minimum atomic E-state index is -1.76. The fraction of sp³-hybridized carbons (Fsp3) is 0.100. The Labute approximate surface area is 84.2 Å². The van der Waals surface area contributed by atoms with Crippen LogP contribution in [-0.4, -0.2) is 20.3 Å². The molecular weight excluding hydrogens is 198 g/mol. The van der Waals surface area contributed by atoms with Gasteiger partial charge in [0.2, 0.25) is 0 Å². The molecule has 5 nitrogen and oxygen atoms in total. The molecule has 1 aromatic carbocycles. The fourth-order valence-corrected chi connectivity index (χ4v) is 1.42. The lowest BCUT2D eigenvalue weighted by Gasteiger charge is -2.06. The molecule has 5 heteroatoms. The number of aliphatic hydroxyl groups excluding tert-OH is 1. The predicted molar refractivity (Wildman–Crippen MR) is 53.4 cm³/mol. The van der Waals surface area contributed by atoms with Gasteiger partial charge < -0.3 is 20.3 Å². The normalized spacial score (nSPS) is 11.1. The molecule has 0 bridgehead atoms. The van der Waals surface area contributed by atoms with E-state index in [1.807, 2.05) is 0 Å². The highest BCUT2D eigenvalue weighted by Gasteiger charge is 2.09. The van der Waals surface area contributed by atoms with E-state index in [1.54, 1.807) is 12.1 Å². The first-order valence-electron chi connectivity index (χ1n) is 4.30. The van der Waals surface area contributed by atoms with Crippen LogP contribution in [-0.2, 0) is 0 Å². The van der Waals surface area contributed by atoms with Gasteiger partial charge in [0.05, 0.1) is 11.2 Å². The zero-order valence-electron chi connectivity index (χ0n) is 7.64. The van der Waals surface area contributed by atoms with E-state index in [2.05, 4.69) is 4.98 Å². The second-order valence-electron chi connectivity index (χ2n) is 3.16. The number of hydrogen-bond donors (Lipinski definition) is 4. The van der Waals surface area contributed by atoms with Gasteiger partial charge in [-0.1, -0.05) is 6.07 Å². The molecule has 0 aliphatic heterocycles. The van der Waals surface area contributed by atoms with Crippen LogP contribution in [0.25, 0.3) is 10.9 Å². The molecule has 0 radical (unpaired) electrons. The van der Waals surface area contributed by atoms with E-state index in [-0.39, 0.29) is 22.4 Å². The molecule has 2 aromatic rings. The van der Waals surface area contributed by atoms with Crippen molar-refractivity contribution in [3.8, 4) is 5.75 Å². The van der Waals surface area contributed by atoms with Crippen LogP contribution in [0.1, 0.15) is 12.0 Å². The number of phenolic OH excluding ortho intramolecular Hbond substituents is 1. The van der Waals surface area contributed by atoms with Crippen molar-refractivity contribution in [2.45, 2.75) is 6.29 Å². The van der Waals surface area contributed by atoms with Crippen molar-refractivity contribution in [2.24, 2.45) is 0 Å². The number of benzene rings is 1. The van der Waals surface area contributed by atoms with Crippen LogP contribution < -0.4 is 5.43 Å². The van der Waals surface area contributed by atoms with Crippen LogP contribution in [0.3, 0.4) is 0 Å². The van der Waals surface area contributed by atoms with Crippen molar-refractivity contribution in [3.05, 3.63) is 40.2 Å². The minimum absolute atomic E-state index is 0.0472. The van der Waals surface area contributed by atoms with Gasteiger partial charge in [-0.2, -0.15) is 0 Å². The van der Waals surface area contributed by atoms with Gasteiger partial charge in [-0.05, 0) is 12.1 Å². The smallest absolute Gasteiger partial charge is 0.194 e. The molecule has 15 heavy (non-hydrogen) atoms. The molecule has 78 valence electrons. The second kappa shape index (κ2) is 3.38. The number of rotatable bonds is 1. The number of pyridine rings is 1. The molecule has 0 saturated carbocycles. The van der Waals surface area contributed by atoms with E-state index in [0.717, 1.165) is 6.07 Å².